The lowest BCUT2D eigenvalue weighted by atomic mass is 9.87. The Balaban J connectivity index is 1.40. The van der Waals surface area contributed by atoms with Gasteiger partial charge in [-0.1, -0.05) is 50.6 Å². The van der Waals surface area contributed by atoms with Crippen LogP contribution in [0.3, 0.4) is 0 Å². The van der Waals surface area contributed by atoms with Gasteiger partial charge in [-0.25, -0.2) is 4.79 Å². The molecule has 4 rings (SSSR count). The van der Waals surface area contributed by atoms with E-state index < -0.39 is 11.5 Å². The summed E-state index contributed by atoms with van der Waals surface area (Å²) >= 11 is 0. The Morgan fingerprint density at radius 2 is 1.67 bits per heavy atom. The number of aliphatic carboxylic acids is 1. The summed E-state index contributed by atoms with van der Waals surface area (Å²) in [5.74, 6) is -1.07. The number of carbonyl (C=O) groups is 2. The van der Waals surface area contributed by atoms with Gasteiger partial charge < -0.3 is 20.2 Å². The molecular weight excluding hydrogens is 414 g/mol. The monoisotopic (exact) mass is 449 g/mol. The molecule has 0 saturated carbocycles. The first kappa shape index (κ1) is 23.1. The van der Waals surface area contributed by atoms with Gasteiger partial charge in [0, 0.05) is 44.0 Å². The van der Waals surface area contributed by atoms with E-state index in [2.05, 4.69) is 55.3 Å². The highest BCUT2D eigenvalue weighted by Gasteiger charge is 2.47. The van der Waals surface area contributed by atoms with Crippen LogP contribution in [0, 0.1) is 13.8 Å². The molecule has 2 aliphatic heterocycles. The van der Waals surface area contributed by atoms with Crippen molar-refractivity contribution in [3.05, 3.63) is 58.7 Å². The summed E-state index contributed by atoms with van der Waals surface area (Å²) in [6.45, 7) is 13.3. The number of carboxylic acid groups (broad SMARTS) is 1. The van der Waals surface area contributed by atoms with Gasteiger partial charge in [0.05, 0.1) is 6.42 Å². The van der Waals surface area contributed by atoms with Gasteiger partial charge in [0.2, 0.25) is 5.91 Å². The molecule has 2 aliphatic rings. The summed E-state index contributed by atoms with van der Waals surface area (Å²) < 4.78 is 0. The predicted molar refractivity (Wildman–Crippen MR) is 132 cm³/mol. The van der Waals surface area contributed by atoms with E-state index >= 15 is 0 Å². The summed E-state index contributed by atoms with van der Waals surface area (Å²) in [7, 11) is 0. The van der Waals surface area contributed by atoms with Crippen LogP contribution in [0.15, 0.2) is 36.4 Å². The minimum Gasteiger partial charge on any atom is -0.479 e. The molecule has 2 aromatic rings. The Morgan fingerprint density at radius 1 is 1.03 bits per heavy atom. The molecule has 176 valence electrons. The summed E-state index contributed by atoms with van der Waals surface area (Å²) in [5.41, 5.74) is 5.27. The Morgan fingerprint density at radius 3 is 2.24 bits per heavy atom. The number of nitrogens with one attached hydrogen (secondary N) is 1. The van der Waals surface area contributed by atoms with Crippen molar-refractivity contribution in [2.75, 3.05) is 36.4 Å². The number of rotatable bonds is 4. The highest BCUT2D eigenvalue weighted by atomic mass is 16.4. The van der Waals surface area contributed by atoms with E-state index in [-0.39, 0.29) is 17.7 Å². The second kappa shape index (κ2) is 8.40. The molecule has 6 nitrogen and oxygen atoms in total. The molecule has 1 saturated heterocycles. The largest absolute Gasteiger partial charge is 0.479 e. The molecule has 33 heavy (non-hydrogen) atoms. The zero-order valence-electron chi connectivity index (χ0n) is 20.4. The SMILES string of the molecule is Cc1cc(C)c2c(c1)CC(CC(=O)N1CCN(c3ccc(C(C)(C)C)cc3)CC1)(C(=O)O)N2. The molecule has 0 bridgehead atoms. The van der Waals surface area contributed by atoms with Gasteiger partial charge >= 0.3 is 5.97 Å². The zero-order valence-corrected chi connectivity index (χ0v) is 20.4. The average Bonchev–Trinajstić information content (AvgIpc) is 3.13. The molecule has 1 amide bonds. The Labute approximate surface area is 196 Å². The van der Waals surface area contributed by atoms with E-state index in [1.807, 2.05) is 30.9 Å². The fourth-order valence-electron chi connectivity index (χ4n) is 5.05. The van der Waals surface area contributed by atoms with Crippen LogP contribution in [0.5, 0.6) is 0 Å². The molecule has 2 aromatic carbocycles. The maximum absolute atomic E-state index is 13.2. The van der Waals surface area contributed by atoms with Gasteiger partial charge in [0.1, 0.15) is 5.54 Å². The number of aryl methyl sites for hydroxylation is 2. The topological polar surface area (TPSA) is 72.9 Å². The Hall–Kier alpha value is -3.02. The minimum absolute atomic E-state index is 0.0459. The summed E-state index contributed by atoms with van der Waals surface area (Å²) in [6, 6.07) is 12.7. The molecule has 6 heteroatoms. The number of carbonyl (C=O) groups excluding carboxylic acids is 1. The molecule has 1 atom stereocenters. The van der Waals surface area contributed by atoms with E-state index in [4.69, 9.17) is 0 Å². The first-order valence-electron chi connectivity index (χ1n) is 11.7. The van der Waals surface area contributed by atoms with E-state index in [1.54, 1.807) is 0 Å². The molecule has 0 aliphatic carbocycles. The molecule has 0 aromatic heterocycles. The van der Waals surface area contributed by atoms with E-state index in [9.17, 15) is 14.7 Å². The maximum Gasteiger partial charge on any atom is 0.330 e. The number of hydrogen-bond acceptors (Lipinski definition) is 4. The van der Waals surface area contributed by atoms with Crippen LogP contribution >= 0.6 is 0 Å². The summed E-state index contributed by atoms with van der Waals surface area (Å²) in [5, 5.41) is 13.3. The van der Waals surface area contributed by atoms with Gasteiger partial charge in [-0.2, -0.15) is 0 Å². The van der Waals surface area contributed by atoms with Crippen LogP contribution in [-0.2, 0) is 21.4 Å². The van der Waals surface area contributed by atoms with Crippen LogP contribution < -0.4 is 10.2 Å². The fraction of sp³-hybridized carbons (Fsp3) is 0.481. The van der Waals surface area contributed by atoms with Crippen LogP contribution in [0.1, 0.15) is 49.4 Å². The van der Waals surface area contributed by atoms with E-state index in [0.717, 1.165) is 41.2 Å². The normalized spacial score (nSPS) is 20.4. The number of fused-ring (bicyclic) bond motifs is 1. The van der Waals surface area contributed by atoms with Crippen molar-refractivity contribution >= 4 is 23.3 Å². The lowest BCUT2D eigenvalue weighted by Crippen LogP contribution is -2.53. The average molecular weight is 450 g/mol. The van der Waals surface area contributed by atoms with Crippen LogP contribution in [-0.4, -0.2) is 53.6 Å². The second-order valence-electron chi connectivity index (χ2n) is 10.6. The van der Waals surface area contributed by atoms with Crippen molar-refractivity contribution in [2.45, 2.75) is 58.4 Å². The third-order valence-corrected chi connectivity index (χ3v) is 7.01. The van der Waals surface area contributed by atoms with Gasteiger partial charge in [0.15, 0.2) is 0 Å². The van der Waals surface area contributed by atoms with Crippen molar-refractivity contribution in [3.8, 4) is 0 Å². The first-order valence-corrected chi connectivity index (χ1v) is 11.7. The highest BCUT2D eigenvalue weighted by molar-refractivity contribution is 5.93. The minimum atomic E-state index is -1.28. The molecule has 0 spiro atoms. The molecule has 1 fully saturated rings. The van der Waals surface area contributed by atoms with Crippen LogP contribution in [0.4, 0.5) is 11.4 Å². The van der Waals surface area contributed by atoms with Gasteiger partial charge in [-0.05, 0) is 48.1 Å². The Kier molecular flexibility index (Phi) is 5.89. The van der Waals surface area contributed by atoms with Gasteiger partial charge in [0.25, 0.3) is 0 Å². The van der Waals surface area contributed by atoms with Crippen LogP contribution in [0.2, 0.25) is 0 Å². The molecule has 0 radical (unpaired) electrons. The summed E-state index contributed by atoms with van der Waals surface area (Å²) in [6.07, 6.45) is 0.280. The molecule has 1 unspecified atom stereocenters. The van der Waals surface area contributed by atoms with Gasteiger partial charge in [-0.3, -0.25) is 4.79 Å². The van der Waals surface area contributed by atoms with Crippen LogP contribution in [0.25, 0.3) is 0 Å². The maximum atomic E-state index is 13.2. The zero-order chi connectivity index (χ0) is 24.0. The number of benzene rings is 2. The fourth-order valence-corrected chi connectivity index (χ4v) is 5.05. The van der Waals surface area contributed by atoms with E-state index in [1.165, 1.54) is 5.56 Å². The number of piperazine rings is 1. The second-order valence-corrected chi connectivity index (χ2v) is 10.6. The quantitative estimate of drug-likeness (QED) is 0.734. The van der Waals surface area contributed by atoms with Crippen molar-refractivity contribution < 1.29 is 14.7 Å². The standard InChI is InChI=1S/C27H35N3O3/c1-18-14-19(2)24-20(15-18)16-27(28-24,25(32)33)17-23(31)30-12-10-29(11-13-30)22-8-6-21(7-9-22)26(3,4)5/h6-9,14-15,28H,10-13,16-17H2,1-5H3,(H,32,33). The van der Waals surface area contributed by atoms with Gasteiger partial charge in [-0.15, -0.1) is 0 Å². The smallest absolute Gasteiger partial charge is 0.330 e. The van der Waals surface area contributed by atoms with Crippen molar-refractivity contribution in [1.82, 2.24) is 4.90 Å². The number of nitrogens with zero attached hydrogens (tertiary/aromatic N) is 2. The van der Waals surface area contributed by atoms with Crippen molar-refractivity contribution in [2.24, 2.45) is 0 Å². The third-order valence-electron chi connectivity index (χ3n) is 7.01. The number of anilines is 2. The molecule has 2 N–H and O–H groups in total. The number of amides is 1. The predicted octanol–water partition coefficient (Wildman–Crippen LogP) is 4.13. The van der Waals surface area contributed by atoms with E-state index in [0.29, 0.717) is 19.5 Å². The lowest BCUT2D eigenvalue weighted by Gasteiger charge is -2.37. The lowest BCUT2D eigenvalue weighted by molar-refractivity contribution is -0.146. The Bertz CT molecular complexity index is 1060. The first-order chi connectivity index (χ1) is 15.5. The molecular formula is C27H35N3O3. The van der Waals surface area contributed by atoms with Crippen molar-refractivity contribution in [1.29, 1.82) is 0 Å². The van der Waals surface area contributed by atoms with Crippen molar-refractivity contribution in [3.63, 3.8) is 0 Å². The third kappa shape index (κ3) is 4.56. The highest BCUT2D eigenvalue weighted by Crippen LogP contribution is 2.38. The number of hydrogen-bond donors (Lipinski definition) is 2. The molecule has 2 heterocycles. The number of carboxylic acids is 1. The summed E-state index contributed by atoms with van der Waals surface area (Å²) in [4.78, 5) is 29.6.